The van der Waals surface area contributed by atoms with Crippen molar-refractivity contribution in [3.63, 3.8) is 0 Å². The Kier molecular flexibility index (Phi) is 5.02. The van der Waals surface area contributed by atoms with Crippen molar-refractivity contribution >= 4 is 21.7 Å². The average molecular weight is 339 g/mol. The predicted molar refractivity (Wildman–Crippen MR) is 84.4 cm³/mol. The summed E-state index contributed by atoms with van der Waals surface area (Å²) in [4.78, 5) is 10.9. The van der Waals surface area contributed by atoms with Gasteiger partial charge in [0.25, 0.3) is 0 Å². The number of anilines is 1. The number of hydrogen-bond donors (Lipinski definition) is 2. The van der Waals surface area contributed by atoms with E-state index in [9.17, 15) is 13.2 Å². The number of carboxylic acids is 1. The number of carboxylic acid groups (broad SMARTS) is 1. The lowest BCUT2D eigenvalue weighted by molar-refractivity contribution is 0.0690. The third-order valence-electron chi connectivity index (χ3n) is 3.08. The third-order valence-corrected chi connectivity index (χ3v) is 4.52. The van der Waals surface area contributed by atoms with E-state index in [1.54, 1.807) is 31.2 Å². The number of rotatable bonds is 7. The Morgan fingerprint density at radius 1 is 1.39 bits per heavy atom. The molecule has 124 valence electrons. The van der Waals surface area contributed by atoms with Crippen LogP contribution in [-0.4, -0.2) is 48.2 Å². The lowest BCUT2D eigenvalue weighted by atomic mass is 10.3. The van der Waals surface area contributed by atoms with Crippen LogP contribution in [0.15, 0.2) is 36.5 Å². The molecule has 0 bridgehead atoms. The molecule has 8 nitrogen and oxygen atoms in total. The van der Waals surface area contributed by atoms with Gasteiger partial charge in [-0.2, -0.15) is 5.10 Å². The molecule has 0 spiro atoms. The second-order valence-electron chi connectivity index (χ2n) is 4.90. The van der Waals surface area contributed by atoms with Gasteiger partial charge in [0.05, 0.1) is 23.2 Å². The molecule has 1 unspecified atom stereocenters. The fourth-order valence-corrected chi connectivity index (χ4v) is 3.26. The number of para-hydroxylation sites is 2. The minimum atomic E-state index is -3.62. The smallest absolute Gasteiger partial charge is 0.356 e. The van der Waals surface area contributed by atoms with E-state index in [-0.39, 0.29) is 11.4 Å². The minimum absolute atomic E-state index is 0.129. The van der Waals surface area contributed by atoms with Gasteiger partial charge in [0.1, 0.15) is 0 Å². The number of benzene rings is 1. The maximum Gasteiger partial charge on any atom is 0.356 e. The van der Waals surface area contributed by atoms with Crippen LogP contribution in [0.5, 0.6) is 0 Å². The summed E-state index contributed by atoms with van der Waals surface area (Å²) in [7, 11) is -2.18. The normalized spacial score (nSPS) is 12.8. The number of aromatic nitrogens is 2. The summed E-state index contributed by atoms with van der Waals surface area (Å²) >= 11 is 0. The Bertz CT molecular complexity index is 800. The first-order chi connectivity index (χ1) is 10.8. The molecule has 0 aliphatic carbocycles. The van der Waals surface area contributed by atoms with Crippen LogP contribution in [0.1, 0.15) is 17.4 Å². The number of methoxy groups -OCH3 is 1. The van der Waals surface area contributed by atoms with E-state index in [0.29, 0.717) is 11.4 Å². The van der Waals surface area contributed by atoms with Gasteiger partial charge in [-0.15, -0.1) is 0 Å². The molecule has 1 aromatic heterocycles. The van der Waals surface area contributed by atoms with E-state index in [1.165, 1.54) is 24.1 Å². The van der Waals surface area contributed by atoms with Crippen molar-refractivity contribution in [1.82, 2.24) is 9.78 Å². The molecule has 2 rings (SSSR count). The highest BCUT2D eigenvalue weighted by atomic mass is 32.2. The molecule has 1 aromatic carbocycles. The highest BCUT2D eigenvalue weighted by Gasteiger charge is 2.18. The van der Waals surface area contributed by atoms with Crippen LogP contribution in [0.3, 0.4) is 0 Å². The second-order valence-corrected chi connectivity index (χ2v) is 6.66. The molecule has 0 aliphatic rings. The topological polar surface area (TPSA) is 111 Å². The molecule has 0 fully saturated rings. The highest BCUT2D eigenvalue weighted by molar-refractivity contribution is 7.92. The first-order valence-electron chi connectivity index (χ1n) is 6.74. The highest BCUT2D eigenvalue weighted by Crippen LogP contribution is 2.21. The van der Waals surface area contributed by atoms with E-state index >= 15 is 0 Å². The van der Waals surface area contributed by atoms with Crippen LogP contribution in [-0.2, 0) is 14.8 Å². The summed E-state index contributed by atoms with van der Waals surface area (Å²) in [5.41, 5.74) is 0.597. The van der Waals surface area contributed by atoms with Gasteiger partial charge >= 0.3 is 5.97 Å². The van der Waals surface area contributed by atoms with Gasteiger partial charge in [-0.05, 0) is 25.1 Å². The lowest BCUT2D eigenvalue weighted by Gasteiger charge is -2.14. The van der Waals surface area contributed by atoms with Crippen molar-refractivity contribution in [2.24, 2.45) is 0 Å². The molecule has 1 heterocycles. The number of ether oxygens (including phenoxy) is 1. The number of hydrogen-bond acceptors (Lipinski definition) is 5. The zero-order chi connectivity index (χ0) is 17.0. The Morgan fingerprint density at radius 2 is 2.09 bits per heavy atom. The first kappa shape index (κ1) is 17.0. The maximum atomic E-state index is 12.2. The Balaban J connectivity index is 2.32. The van der Waals surface area contributed by atoms with Crippen LogP contribution in [0.4, 0.5) is 5.69 Å². The summed E-state index contributed by atoms with van der Waals surface area (Å²) in [6.45, 7) is 1.65. The summed E-state index contributed by atoms with van der Waals surface area (Å²) in [6.07, 6.45) is 0.997. The van der Waals surface area contributed by atoms with Crippen molar-refractivity contribution in [3.05, 3.63) is 42.2 Å². The molecular formula is C14H17N3O5S. The van der Waals surface area contributed by atoms with Gasteiger partial charge in [0.15, 0.2) is 5.69 Å². The summed E-state index contributed by atoms with van der Waals surface area (Å²) < 4.78 is 33.0. The quantitative estimate of drug-likeness (QED) is 0.788. The maximum absolute atomic E-state index is 12.2. The van der Waals surface area contributed by atoms with E-state index in [1.807, 2.05) is 0 Å². The van der Waals surface area contributed by atoms with Crippen molar-refractivity contribution < 1.29 is 23.1 Å². The van der Waals surface area contributed by atoms with Gasteiger partial charge in [-0.3, -0.25) is 4.72 Å². The van der Waals surface area contributed by atoms with E-state index < -0.39 is 22.1 Å². The van der Waals surface area contributed by atoms with Crippen LogP contribution >= 0.6 is 0 Å². The largest absolute Gasteiger partial charge is 0.476 e. The fraction of sp³-hybridized carbons (Fsp3) is 0.286. The van der Waals surface area contributed by atoms with Crippen LogP contribution < -0.4 is 4.72 Å². The standard InChI is InChI=1S/C14H17N3O5S/c1-10(22-2)9-23(20,21)16-11-5-3-4-6-13(11)17-8-7-12(15-17)14(18)19/h3-8,10,16H,9H2,1-2H3,(H,18,19). The van der Waals surface area contributed by atoms with E-state index in [4.69, 9.17) is 9.84 Å². The van der Waals surface area contributed by atoms with Crippen LogP contribution in [0.2, 0.25) is 0 Å². The molecule has 1 atom stereocenters. The third kappa shape index (κ3) is 4.30. The first-order valence-corrected chi connectivity index (χ1v) is 8.39. The zero-order valence-corrected chi connectivity index (χ0v) is 13.4. The van der Waals surface area contributed by atoms with Crippen molar-refractivity contribution in [2.75, 3.05) is 17.6 Å². The van der Waals surface area contributed by atoms with Crippen molar-refractivity contribution in [2.45, 2.75) is 13.0 Å². The predicted octanol–water partition coefficient (Wildman–Crippen LogP) is 1.35. The van der Waals surface area contributed by atoms with Gasteiger partial charge in [0.2, 0.25) is 10.0 Å². The van der Waals surface area contributed by atoms with Gasteiger partial charge in [-0.1, -0.05) is 12.1 Å². The number of nitrogens with one attached hydrogen (secondary N) is 1. The number of nitrogens with zero attached hydrogens (tertiary/aromatic N) is 2. The van der Waals surface area contributed by atoms with Crippen LogP contribution in [0.25, 0.3) is 5.69 Å². The molecule has 0 aliphatic heterocycles. The molecule has 0 radical (unpaired) electrons. The van der Waals surface area contributed by atoms with Crippen LogP contribution in [0, 0.1) is 0 Å². The Hall–Kier alpha value is -2.39. The van der Waals surface area contributed by atoms with Crippen molar-refractivity contribution in [1.29, 1.82) is 0 Å². The van der Waals surface area contributed by atoms with Crippen molar-refractivity contribution in [3.8, 4) is 5.69 Å². The summed E-state index contributed by atoms with van der Waals surface area (Å²) in [6, 6.07) is 7.92. The fourth-order valence-electron chi connectivity index (χ4n) is 1.92. The average Bonchev–Trinajstić information content (AvgIpc) is 2.96. The SMILES string of the molecule is COC(C)CS(=O)(=O)Nc1ccccc1-n1ccc(C(=O)O)n1. The molecule has 23 heavy (non-hydrogen) atoms. The minimum Gasteiger partial charge on any atom is -0.476 e. The van der Waals surface area contributed by atoms with E-state index in [0.717, 1.165) is 0 Å². The Morgan fingerprint density at radius 3 is 2.70 bits per heavy atom. The summed E-state index contributed by atoms with van der Waals surface area (Å²) in [5, 5.41) is 12.8. The molecule has 9 heteroatoms. The molecular weight excluding hydrogens is 322 g/mol. The molecule has 0 saturated heterocycles. The number of carbonyl (C=O) groups is 1. The molecule has 0 saturated carbocycles. The van der Waals surface area contributed by atoms with E-state index in [2.05, 4.69) is 9.82 Å². The lowest BCUT2D eigenvalue weighted by Crippen LogP contribution is -2.26. The summed E-state index contributed by atoms with van der Waals surface area (Å²) in [5.74, 6) is -1.35. The molecule has 2 N–H and O–H groups in total. The second kappa shape index (κ2) is 6.80. The van der Waals surface area contributed by atoms with Gasteiger partial charge in [-0.25, -0.2) is 17.9 Å². The number of aromatic carboxylic acids is 1. The number of sulfonamides is 1. The van der Waals surface area contributed by atoms with Gasteiger partial charge in [0, 0.05) is 13.3 Å². The van der Waals surface area contributed by atoms with Gasteiger partial charge < -0.3 is 9.84 Å². The zero-order valence-electron chi connectivity index (χ0n) is 12.6. The monoisotopic (exact) mass is 339 g/mol. The molecule has 2 aromatic rings. The Labute approximate surface area is 133 Å². The molecule has 0 amide bonds.